The number of rotatable bonds is 10. The predicted octanol–water partition coefficient (Wildman–Crippen LogP) is 6.22. The van der Waals surface area contributed by atoms with Gasteiger partial charge >= 0.3 is 199 Å². The van der Waals surface area contributed by atoms with Crippen LogP contribution in [0.3, 0.4) is 0 Å². The van der Waals surface area contributed by atoms with Gasteiger partial charge in [-0.15, -0.1) is 0 Å². The molecule has 0 amide bonds. The first-order chi connectivity index (χ1) is 17.1. The SMILES string of the molecule is Cc1c(-c2ccc(-c3ccccc3)cc2[SeH])n(CCCCCCNC2CCC2)c2ccc(O)cc12. The molecule has 0 bridgehead atoms. The van der Waals surface area contributed by atoms with Gasteiger partial charge in [-0.05, 0) is 12.8 Å². The standard InChI is InChI=1S/C31H36N2OSe/c1-22-28-21-26(34)15-17-29(28)33(19-8-3-2-7-18-32-25-12-9-13-25)31(22)27-16-14-24(20-30(27)35)23-10-5-4-6-11-23/h4-6,10-11,14-17,20-21,25,32,34-35H,2-3,7-9,12-13,18-19H2,1H3. The molecule has 2 N–H and O–H groups in total. The van der Waals surface area contributed by atoms with Gasteiger partial charge in [-0.3, -0.25) is 0 Å². The van der Waals surface area contributed by atoms with Crippen molar-refractivity contribution in [2.45, 2.75) is 64.5 Å². The van der Waals surface area contributed by atoms with Gasteiger partial charge in [0.1, 0.15) is 0 Å². The first-order valence-electron chi connectivity index (χ1n) is 13.1. The van der Waals surface area contributed by atoms with E-state index in [1.807, 2.05) is 12.1 Å². The molecule has 182 valence electrons. The maximum absolute atomic E-state index is 10.2. The molecule has 0 unspecified atom stereocenters. The van der Waals surface area contributed by atoms with E-state index in [1.54, 1.807) is 0 Å². The van der Waals surface area contributed by atoms with E-state index in [-0.39, 0.29) is 0 Å². The molecule has 0 aliphatic heterocycles. The number of aromatic hydroxyl groups is 1. The fourth-order valence-corrected chi connectivity index (χ4v) is 5.97. The number of hydrogen-bond acceptors (Lipinski definition) is 2. The molecule has 0 radical (unpaired) electrons. The number of aryl methyl sites for hydroxylation is 2. The quantitative estimate of drug-likeness (QED) is 0.188. The van der Waals surface area contributed by atoms with Crippen molar-refractivity contribution in [1.29, 1.82) is 0 Å². The van der Waals surface area contributed by atoms with E-state index in [4.69, 9.17) is 0 Å². The van der Waals surface area contributed by atoms with Gasteiger partial charge in [0.2, 0.25) is 0 Å². The topological polar surface area (TPSA) is 37.2 Å². The Balaban J connectivity index is 1.37. The number of nitrogens with one attached hydrogen (secondary N) is 1. The van der Waals surface area contributed by atoms with Crippen LogP contribution in [0.2, 0.25) is 0 Å². The van der Waals surface area contributed by atoms with Crippen LogP contribution in [0.5, 0.6) is 5.75 Å². The Morgan fingerprint density at radius 2 is 1.71 bits per heavy atom. The van der Waals surface area contributed by atoms with E-state index >= 15 is 0 Å². The van der Waals surface area contributed by atoms with Gasteiger partial charge in [0, 0.05) is 0 Å². The molecule has 1 aliphatic carbocycles. The fourth-order valence-electron chi connectivity index (χ4n) is 5.30. The molecule has 4 aromatic rings. The van der Waals surface area contributed by atoms with Crippen molar-refractivity contribution >= 4 is 31.4 Å². The summed E-state index contributed by atoms with van der Waals surface area (Å²) in [6.45, 7) is 4.34. The minimum absolute atomic E-state index is 0.329. The maximum atomic E-state index is 10.2. The average Bonchev–Trinajstić information content (AvgIpc) is 3.10. The Labute approximate surface area is 217 Å². The molecular formula is C31H36N2OSe. The van der Waals surface area contributed by atoms with Crippen molar-refractivity contribution in [3.05, 3.63) is 72.3 Å². The second-order valence-corrected chi connectivity index (χ2v) is 10.9. The van der Waals surface area contributed by atoms with Crippen LogP contribution in [0.4, 0.5) is 0 Å². The number of nitrogens with zero attached hydrogens (tertiary/aromatic N) is 1. The Morgan fingerprint density at radius 3 is 2.46 bits per heavy atom. The molecule has 3 aromatic carbocycles. The Morgan fingerprint density at radius 1 is 0.914 bits per heavy atom. The molecule has 3 nitrogen and oxygen atoms in total. The van der Waals surface area contributed by atoms with E-state index in [1.165, 1.54) is 76.5 Å². The molecule has 1 heterocycles. The third-order valence-electron chi connectivity index (χ3n) is 7.51. The number of hydrogen-bond donors (Lipinski definition) is 2. The van der Waals surface area contributed by atoms with Crippen LogP contribution in [0.1, 0.15) is 50.5 Å². The van der Waals surface area contributed by atoms with Gasteiger partial charge < -0.3 is 0 Å². The molecule has 0 spiro atoms. The zero-order chi connectivity index (χ0) is 24.2. The molecule has 1 saturated carbocycles. The molecule has 0 atom stereocenters. The van der Waals surface area contributed by atoms with Crippen molar-refractivity contribution in [3.8, 4) is 28.1 Å². The molecule has 1 aromatic heterocycles. The number of unbranched alkanes of at least 4 members (excludes halogenated alkanes) is 3. The van der Waals surface area contributed by atoms with E-state index in [2.05, 4.69) is 87.4 Å². The summed E-state index contributed by atoms with van der Waals surface area (Å²) in [5.41, 5.74) is 7.44. The zero-order valence-electron chi connectivity index (χ0n) is 20.6. The van der Waals surface area contributed by atoms with Crippen molar-refractivity contribution in [3.63, 3.8) is 0 Å². The van der Waals surface area contributed by atoms with Crippen LogP contribution in [0, 0.1) is 6.92 Å². The van der Waals surface area contributed by atoms with E-state index < -0.39 is 0 Å². The number of fused-ring (bicyclic) bond motifs is 1. The van der Waals surface area contributed by atoms with Crippen molar-refractivity contribution in [2.24, 2.45) is 0 Å². The van der Waals surface area contributed by atoms with Crippen LogP contribution in [-0.4, -0.2) is 38.3 Å². The number of aromatic nitrogens is 1. The zero-order valence-corrected chi connectivity index (χ0v) is 22.5. The molecule has 5 rings (SSSR count). The number of phenols is 1. The molecular weight excluding hydrogens is 495 g/mol. The van der Waals surface area contributed by atoms with Crippen LogP contribution >= 0.6 is 0 Å². The Hall–Kier alpha value is -2.52. The summed E-state index contributed by atoms with van der Waals surface area (Å²) in [6.07, 6.45) is 9.07. The van der Waals surface area contributed by atoms with Crippen LogP contribution in [0.25, 0.3) is 33.3 Å². The number of benzene rings is 3. The normalized spacial score (nSPS) is 13.9. The van der Waals surface area contributed by atoms with Crippen molar-refractivity contribution < 1.29 is 5.11 Å². The fraction of sp³-hybridized carbons (Fsp3) is 0.355. The summed E-state index contributed by atoms with van der Waals surface area (Å²) in [5.74, 6) is 0.329. The van der Waals surface area contributed by atoms with Crippen LogP contribution in [0.15, 0.2) is 66.7 Å². The number of phenolic OH excluding ortho intramolecular Hbond substituents is 1. The predicted molar refractivity (Wildman–Crippen MR) is 150 cm³/mol. The van der Waals surface area contributed by atoms with Gasteiger partial charge in [0.25, 0.3) is 0 Å². The third-order valence-corrected chi connectivity index (χ3v) is 8.28. The van der Waals surface area contributed by atoms with Crippen molar-refractivity contribution in [2.75, 3.05) is 6.54 Å². The van der Waals surface area contributed by atoms with Crippen LogP contribution in [-0.2, 0) is 6.54 Å². The van der Waals surface area contributed by atoms with Gasteiger partial charge in [0.15, 0.2) is 0 Å². The minimum atomic E-state index is 0.329. The van der Waals surface area contributed by atoms with E-state index in [9.17, 15) is 5.11 Å². The Kier molecular flexibility index (Phi) is 7.63. The second-order valence-electron chi connectivity index (χ2n) is 9.92. The Bertz CT molecular complexity index is 1290. The first-order valence-corrected chi connectivity index (χ1v) is 14.0. The summed E-state index contributed by atoms with van der Waals surface area (Å²) < 4.78 is 3.70. The van der Waals surface area contributed by atoms with Gasteiger partial charge in [-0.1, -0.05) is 6.42 Å². The summed E-state index contributed by atoms with van der Waals surface area (Å²) >= 11 is 2.77. The monoisotopic (exact) mass is 532 g/mol. The second kappa shape index (κ2) is 11.0. The summed E-state index contributed by atoms with van der Waals surface area (Å²) in [7, 11) is 0. The van der Waals surface area contributed by atoms with Crippen LogP contribution < -0.4 is 9.78 Å². The molecule has 0 saturated heterocycles. The molecule has 35 heavy (non-hydrogen) atoms. The summed E-state index contributed by atoms with van der Waals surface area (Å²) in [4.78, 5) is 0. The van der Waals surface area contributed by atoms with Crippen molar-refractivity contribution in [1.82, 2.24) is 9.88 Å². The summed E-state index contributed by atoms with van der Waals surface area (Å²) in [6, 6.07) is 23.9. The summed E-state index contributed by atoms with van der Waals surface area (Å²) in [5, 5.41) is 15.0. The molecule has 1 aliphatic rings. The molecule has 1 fully saturated rings. The molecule has 4 heteroatoms. The van der Waals surface area contributed by atoms with Gasteiger partial charge in [-0.2, -0.15) is 0 Å². The first kappa shape index (κ1) is 24.2. The average molecular weight is 532 g/mol. The van der Waals surface area contributed by atoms with Gasteiger partial charge in [0.05, 0.1) is 0 Å². The van der Waals surface area contributed by atoms with Gasteiger partial charge in [-0.25, -0.2) is 0 Å². The van der Waals surface area contributed by atoms with E-state index in [0.29, 0.717) is 5.75 Å². The third kappa shape index (κ3) is 5.35. The van der Waals surface area contributed by atoms with E-state index in [0.717, 1.165) is 30.9 Å².